The Morgan fingerprint density at radius 3 is 2.68 bits per heavy atom. The molecule has 3 aromatic rings. The second-order valence-corrected chi connectivity index (χ2v) is 7.83. The maximum atomic E-state index is 13.3. The Balaban J connectivity index is 1.58. The lowest BCUT2D eigenvalue weighted by Crippen LogP contribution is -2.30. The molecule has 0 bridgehead atoms. The van der Waals surface area contributed by atoms with Gasteiger partial charge in [0.1, 0.15) is 15.6 Å². The molecule has 4 rings (SSSR count). The van der Waals surface area contributed by atoms with Gasteiger partial charge in [0, 0.05) is 24.5 Å². The molecule has 5 nitrogen and oxygen atoms in total. The molecule has 0 N–H and O–H groups in total. The molecule has 28 heavy (non-hydrogen) atoms. The summed E-state index contributed by atoms with van der Waals surface area (Å²) in [6.07, 6.45) is 5.58. The molecule has 0 spiro atoms. The maximum absolute atomic E-state index is 13.3. The van der Waals surface area contributed by atoms with Crippen LogP contribution in [0.3, 0.4) is 0 Å². The molecule has 0 saturated carbocycles. The number of likely N-dealkylation sites (tertiary alicyclic amines) is 1. The zero-order valence-electron chi connectivity index (χ0n) is 16.1. The predicted molar refractivity (Wildman–Crippen MR) is 111 cm³/mol. The largest absolute Gasteiger partial charge is 0.494 e. The Bertz CT molecular complexity index is 954. The van der Waals surface area contributed by atoms with E-state index in [9.17, 15) is 4.79 Å². The fourth-order valence-corrected chi connectivity index (χ4v) is 4.68. The van der Waals surface area contributed by atoms with Gasteiger partial charge < -0.3 is 9.64 Å². The zero-order valence-corrected chi connectivity index (χ0v) is 16.9. The minimum absolute atomic E-state index is 0.0755. The molecule has 1 amide bonds. The molecule has 2 aromatic heterocycles. The number of amides is 1. The molecule has 3 heterocycles. The monoisotopic (exact) mass is 393 g/mol. The molecule has 0 radical (unpaired) electrons. The minimum Gasteiger partial charge on any atom is -0.494 e. The van der Waals surface area contributed by atoms with Crippen molar-refractivity contribution in [2.75, 3.05) is 13.2 Å². The van der Waals surface area contributed by atoms with E-state index in [1.54, 1.807) is 12.4 Å². The van der Waals surface area contributed by atoms with E-state index >= 15 is 0 Å². The number of carbonyl (C=O) groups is 1. The van der Waals surface area contributed by atoms with E-state index in [0.29, 0.717) is 6.61 Å². The van der Waals surface area contributed by atoms with Gasteiger partial charge in [0.2, 0.25) is 0 Å². The lowest BCUT2D eigenvalue weighted by Gasteiger charge is -2.24. The van der Waals surface area contributed by atoms with Crippen LogP contribution in [-0.2, 0) is 0 Å². The molecule has 1 saturated heterocycles. The number of carbonyl (C=O) groups excluding carboxylic acids is 1. The van der Waals surface area contributed by atoms with Crippen LogP contribution in [-0.4, -0.2) is 33.9 Å². The molecule has 1 atom stereocenters. The fourth-order valence-electron chi connectivity index (χ4n) is 3.65. The van der Waals surface area contributed by atoms with E-state index in [0.717, 1.165) is 51.8 Å². The zero-order chi connectivity index (χ0) is 19.5. The number of ether oxygens (including phenoxy) is 1. The highest BCUT2D eigenvalue weighted by Gasteiger charge is 2.32. The molecule has 1 aromatic carbocycles. The first kappa shape index (κ1) is 18.6. The van der Waals surface area contributed by atoms with E-state index in [-0.39, 0.29) is 11.9 Å². The summed E-state index contributed by atoms with van der Waals surface area (Å²) in [4.78, 5) is 24.8. The normalized spacial score (nSPS) is 16.4. The van der Waals surface area contributed by atoms with Crippen LogP contribution in [0.5, 0.6) is 5.75 Å². The van der Waals surface area contributed by atoms with E-state index in [4.69, 9.17) is 4.74 Å². The van der Waals surface area contributed by atoms with Crippen LogP contribution in [0.2, 0.25) is 0 Å². The van der Waals surface area contributed by atoms with Crippen molar-refractivity contribution >= 4 is 17.2 Å². The van der Waals surface area contributed by atoms with E-state index in [2.05, 4.69) is 9.97 Å². The topological polar surface area (TPSA) is 55.3 Å². The lowest BCUT2D eigenvalue weighted by atomic mass is 10.1. The summed E-state index contributed by atoms with van der Waals surface area (Å²) in [7, 11) is 0. The molecular formula is C22H23N3O2S. The SMILES string of the molecule is CCOc1ccc(-c2nc(C)c(C(=O)N3CCCC3c3ccncc3)s2)cc1. The van der Waals surface area contributed by atoms with Gasteiger partial charge in [-0.2, -0.15) is 0 Å². The van der Waals surface area contributed by atoms with E-state index < -0.39 is 0 Å². The standard InChI is InChI=1S/C22H23N3O2S/c1-3-27-18-8-6-17(7-9-18)21-24-15(2)20(28-21)22(26)25-14-4-5-19(25)16-10-12-23-13-11-16/h6-13,19H,3-5,14H2,1-2H3. The first-order valence-corrected chi connectivity index (χ1v) is 10.4. The smallest absolute Gasteiger partial charge is 0.266 e. The fraction of sp³-hybridized carbons (Fsp3) is 0.318. The molecule has 6 heteroatoms. The Morgan fingerprint density at radius 2 is 1.96 bits per heavy atom. The van der Waals surface area contributed by atoms with Crippen LogP contribution in [0.4, 0.5) is 0 Å². The number of rotatable bonds is 5. The number of hydrogen-bond donors (Lipinski definition) is 0. The summed E-state index contributed by atoms with van der Waals surface area (Å²) in [5.41, 5.74) is 2.94. The van der Waals surface area contributed by atoms with Crippen molar-refractivity contribution in [3.8, 4) is 16.3 Å². The average molecular weight is 394 g/mol. The summed E-state index contributed by atoms with van der Waals surface area (Å²) < 4.78 is 5.50. The summed E-state index contributed by atoms with van der Waals surface area (Å²) >= 11 is 1.47. The second-order valence-electron chi connectivity index (χ2n) is 6.83. The molecule has 144 valence electrons. The predicted octanol–water partition coefficient (Wildman–Crippen LogP) is 4.89. The third-order valence-corrected chi connectivity index (χ3v) is 6.20. The van der Waals surface area contributed by atoms with Crippen molar-refractivity contribution in [3.63, 3.8) is 0 Å². The average Bonchev–Trinajstić information content (AvgIpc) is 3.36. The summed E-state index contributed by atoms with van der Waals surface area (Å²) in [5.74, 6) is 0.916. The van der Waals surface area contributed by atoms with Gasteiger partial charge in [0.15, 0.2) is 0 Å². The molecule has 1 aliphatic heterocycles. The summed E-state index contributed by atoms with van der Waals surface area (Å²) in [5, 5.41) is 0.864. The number of nitrogens with zero attached hydrogens (tertiary/aromatic N) is 3. The van der Waals surface area contributed by atoms with Crippen LogP contribution in [0.1, 0.15) is 46.7 Å². The number of pyridine rings is 1. The first-order chi connectivity index (χ1) is 13.7. The van der Waals surface area contributed by atoms with Crippen LogP contribution in [0.25, 0.3) is 10.6 Å². The van der Waals surface area contributed by atoms with Gasteiger partial charge in [-0.15, -0.1) is 11.3 Å². The van der Waals surface area contributed by atoms with Crippen molar-refractivity contribution in [3.05, 3.63) is 64.9 Å². The molecule has 1 unspecified atom stereocenters. The third kappa shape index (κ3) is 3.64. The number of hydrogen-bond acceptors (Lipinski definition) is 5. The quantitative estimate of drug-likeness (QED) is 0.619. The number of aromatic nitrogens is 2. The van der Waals surface area contributed by atoms with Crippen LogP contribution < -0.4 is 4.74 Å². The van der Waals surface area contributed by atoms with Gasteiger partial charge in [0.05, 0.1) is 18.3 Å². The maximum Gasteiger partial charge on any atom is 0.266 e. The molecule has 1 fully saturated rings. The Kier molecular flexibility index (Phi) is 5.39. The van der Waals surface area contributed by atoms with Crippen LogP contribution in [0.15, 0.2) is 48.8 Å². The lowest BCUT2D eigenvalue weighted by molar-refractivity contribution is 0.0739. The van der Waals surface area contributed by atoms with E-state index in [1.165, 1.54) is 11.3 Å². The molecule has 0 aliphatic carbocycles. The van der Waals surface area contributed by atoms with Crippen molar-refractivity contribution < 1.29 is 9.53 Å². The van der Waals surface area contributed by atoms with Gasteiger partial charge >= 0.3 is 0 Å². The van der Waals surface area contributed by atoms with Gasteiger partial charge in [-0.05, 0) is 68.7 Å². The number of thiazole rings is 1. The van der Waals surface area contributed by atoms with Gasteiger partial charge in [-0.3, -0.25) is 9.78 Å². The number of benzene rings is 1. The Hall–Kier alpha value is -2.73. The first-order valence-electron chi connectivity index (χ1n) is 9.59. The summed E-state index contributed by atoms with van der Waals surface area (Å²) in [6.45, 7) is 5.30. The highest BCUT2D eigenvalue weighted by molar-refractivity contribution is 7.17. The van der Waals surface area contributed by atoms with Gasteiger partial charge in [0.25, 0.3) is 5.91 Å². The minimum atomic E-state index is 0.0755. The van der Waals surface area contributed by atoms with Crippen molar-refractivity contribution in [2.24, 2.45) is 0 Å². The third-order valence-electron chi connectivity index (χ3n) is 5.01. The second kappa shape index (κ2) is 8.10. The van der Waals surface area contributed by atoms with E-state index in [1.807, 2.05) is 55.1 Å². The van der Waals surface area contributed by atoms with Crippen molar-refractivity contribution in [1.29, 1.82) is 0 Å². The Labute approximate surface area is 169 Å². The highest BCUT2D eigenvalue weighted by atomic mass is 32.1. The number of aryl methyl sites for hydroxylation is 1. The van der Waals surface area contributed by atoms with Gasteiger partial charge in [-0.25, -0.2) is 4.98 Å². The Morgan fingerprint density at radius 1 is 1.21 bits per heavy atom. The molecular weight excluding hydrogens is 370 g/mol. The highest BCUT2D eigenvalue weighted by Crippen LogP contribution is 2.36. The van der Waals surface area contributed by atoms with Crippen molar-refractivity contribution in [2.45, 2.75) is 32.7 Å². The summed E-state index contributed by atoms with van der Waals surface area (Å²) in [6, 6.07) is 12.0. The van der Waals surface area contributed by atoms with Crippen LogP contribution in [0, 0.1) is 6.92 Å². The molecule has 1 aliphatic rings. The van der Waals surface area contributed by atoms with Crippen molar-refractivity contribution in [1.82, 2.24) is 14.9 Å². The van der Waals surface area contributed by atoms with Gasteiger partial charge in [-0.1, -0.05) is 0 Å². The van der Waals surface area contributed by atoms with Crippen LogP contribution >= 0.6 is 11.3 Å².